The van der Waals surface area contributed by atoms with Gasteiger partial charge in [0, 0.05) is 6.54 Å². The van der Waals surface area contributed by atoms with Gasteiger partial charge in [0.1, 0.15) is 11.6 Å². The van der Waals surface area contributed by atoms with Crippen molar-refractivity contribution in [2.75, 3.05) is 7.05 Å². The number of rotatable bonds is 3. The molecule has 0 fully saturated rings. The van der Waals surface area contributed by atoms with Crippen molar-refractivity contribution in [2.45, 2.75) is 20.4 Å². The summed E-state index contributed by atoms with van der Waals surface area (Å²) in [5.41, 5.74) is 3.00. The van der Waals surface area contributed by atoms with Crippen LogP contribution < -0.4 is 5.32 Å². The van der Waals surface area contributed by atoms with Crippen LogP contribution in [0.5, 0.6) is 0 Å². The van der Waals surface area contributed by atoms with E-state index in [-0.39, 0.29) is 5.56 Å². The molecular formula is C16H17F2N. The standard InChI is InChI=1S/C16H17F2N/c1-10-4-6-12(9-19-3)13(8-10)15-14(17)7-5-11(2)16(15)18/h4-8,19H,9H2,1-3H3. The number of hydrogen-bond donors (Lipinski definition) is 1. The van der Waals surface area contributed by atoms with E-state index in [0.29, 0.717) is 17.7 Å². The third kappa shape index (κ3) is 2.66. The highest BCUT2D eigenvalue weighted by molar-refractivity contribution is 5.70. The second kappa shape index (κ2) is 5.49. The average molecular weight is 261 g/mol. The molecule has 19 heavy (non-hydrogen) atoms. The Hall–Kier alpha value is -1.74. The van der Waals surface area contributed by atoms with Crippen LogP contribution in [0.25, 0.3) is 11.1 Å². The van der Waals surface area contributed by atoms with Crippen molar-refractivity contribution in [3.63, 3.8) is 0 Å². The van der Waals surface area contributed by atoms with Gasteiger partial charge in [0.15, 0.2) is 0 Å². The minimum Gasteiger partial charge on any atom is -0.316 e. The molecule has 0 saturated heterocycles. The van der Waals surface area contributed by atoms with Gasteiger partial charge in [-0.2, -0.15) is 0 Å². The zero-order valence-corrected chi connectivity index (χ0v) is 11.3. The van der Waals surface area contributed by atoms with Gasteiger partial charge in [0.05, 0.1) is 5.56 Å². The zero-order chi connectivity index (χ0) is 14.0. The van der Waals surface area contributed by atoms with Crippen LogP contribution in [0.15, 0.2) is 30.3 Å². The topological polar surface area (TPSA) is 12.0 Å². The predicted octanol–water partition coefficient (Wildman–Crippen LogP) is 3.97. The van der Waals surface area contributed by atoms with Crippen LogP contribution >= 0.6 is 0 Å². The van der Waals surface area contributed by atoms with Crippen molar-refractivity contribution in [1.29, 1.82) is 0 Å². The molecule has 0 heterocycles. The molecule has 0 aliphatic carbocycles. The molecule has 100 valence electrons. The van der Waals surface area contributed by atoms with Gasteiger partial charge in [-0.15, -0.1) is 0 Å². The quantitative estimate of drug-likeness (QED) is 0.881. The molecule has 0 unspecified atom stereocenters. The Kier molecular flexibility index (Phi) is 3.96. The third-order valence-electron chi connectivity index (χ3n) is 3.19. The first kappa shape index (κ1) is 13.7. The average Bonchev–Trinajstić information content (AvgIpc) is 2.38. The van der Waals surface area contributed by atoms with E-state index in [1.165, 1.54) is 12.1 Å². The Morgan fingerprint density at radius 3 is 2.47 bits per heavy atom. The molecule has 0 bridgehead atoms. The summed E-state index contributed by atoms with van der Waals surface area (Å²) in [7, 11) is 1.81. The highest BCUT2D eigenvalue weighted by Gasteiger charge is 2.16. The number of halogens is 2. The Balaban J connectivity index is 2.70. The van der Waals surface area contributed by atoms with E-state index in [0.717, 1.165) is 11.1 Å². The van der Waals surface area contributed by atoms with Crippen LogP contribution in [0.2, 0.25) is 0 Å². The molecule has 3 heteroatoms. The molecule has 1 N–H and O–H groups in total. The number of benzene rings is 2. The first-order valence-electron chi connectivity index (χ1n) is 6.23. The predicted molar refractivity (Wildman–Crippen MR) is 74.0 cm³/mol. The van der Waals surface area contributed by atoms with Crippen molar-refractivity contribution in [2.24, 2.45) is 0 Å². The molecule has 0 aliphatic heterocycles. The number of aryl methyl sites for hydroxylation is 2. The van der Waals surface area contributed by atoms with Gasteiger partial charge in [-0.3, -0.25) is 0 Å². The molecule has 1 nitrogen and oxygen atoms in total. The van der Waals surface area contributed by atoms with E-state index < -0.39 is 11.6 Å². The molecule has 2 aromatic rings. The van der Waals surface area contributed by atoms with Gasteiger partial charge in [0.2, 0.25) is 0 Å². The lowest BCUT2D eigenvalue weighted by atomic mass is 9.95. The lowest BCUT2D eigenvalue weighted by Gasteiger charge is -2.13. The smallest absolute Gasteiger partial charge is 0.136 e. The van der Waals surface area contributed by atoms with E-state index in [1.54, 1.807) is 6.92 Å². The van der Waals surface area contributed by atoms with Gasteiger partial charge in [-0.25, -0.2) is 8.78 Å². The first-order valence-corrected chi connectivity index (χ1v) is 6.23. The summed E-state index contributed by atoms with van der Waals surface area (Å²) < 4.78 is 28.2. The maximum atomic E-state index is 14.2. The molecule has 0 saturated carbocycles. The fourth-order valence-corrected chi connectivity index (χ4v) is 2.17. The van der Waals surface area contributed by atoms with E-state index in [2.05, 4.69) is 5.32 Å². The van der Waals surface area contributed by atoms with E-state index in [9.17, 15) is 8.78 Å². The van der Waals surface area contributed by atoms with Crippen molar-refractivity contribution in [3.05, 3.63) is 58.7 Å². The third-order valence-corrected chi connectivity index (χ3v) is 3.19. The minimum atomic E-state index is -0.522. The molecule has 2 rings (SSSR count). The highest BCUT2D eigenvalue weighted by atomic mass is 19.1. The lowest BCUT2D eigenvalue weighted by Crippen LogP contribution is -2.07. The second-order valence-corrected chi connectivity index (χ2v) is 4.74. The number of nitrogens with one attached hydrogen (secondary N) is 1. The Morgan fingerprint density at radius 1 is 1.05 bits per heavy atom. The van der Waals surface area contributed by atoms with Crippen LogP contribution in [0.1, 0.15) is 16.7 Å². The highest BCUT2D eigenvalue weighted by Crippen LogP contribution is 2.31. The van der Waals surface area contributed by atoms with E-state index >= 15 is 0 Å². The summed E-state index contributed by atoms with van der Waals surface area (Å²) in [6, 6.07) is 8.46. The van der Waals surface area contributed by atoms with Crippen molar-refractivity contribution >= 4 is 0 Å². The summed E-state index contributed by atoms with van der Waals surface area (Å²) in [4.78, 5) is 0. The SMILES string of the molecule is CNCc1ccc(C)cc1-c1c(F)ccc(C)c1F. The van der Waals surface area contributed by atoms with Gasteiger partial charge in [-0.05, 0) is 43.7 Å². The molecule has 0 aliphatic rings. The molecule has 0 spiro atoms. The summed E-state index contributed by atoms with van der Waals surface area (Å²) in [5.74, 6) is -1.01. The summed E-state index contributed by atoms with van der Waals surface area (Å²) in [6.45, 7) is 4.13. The fraction of sp³-hybridized carbons (Fsp3) is 0.250. The van der Waals surface area contributed by atoms with Crippen molar-refractivity contribution < 1.29 is 8.78 Å². The van der Waals surface area contributed by atoms with Gasteiger partial charge in [0.25, 0.3) is 0 Å². The van der Waals surface area contributed by atoms with Crippen LogP contribution in [-0.2, 0) is 6.54 Å². The van der Waals surface area contributed by atoms with Crippen LogP contribution in [-0.4, -0.2) is 7.05 Å². The summed E-state index contributed by atoms with van der Waals surface area (Å²) >= 11 is 0. The number of hydrogen-bond acceptors (Lipinski definition) is 1. The van der Waals surface area contributed by atoms with Crippen molar-refractivity contribution in [3.8, 4) is 11.1 Å². The summed E-state index contributed by atoms with van der Waals surface area (Å²) in [6.07, 6.45) is 0. The van der Waals surface area contributed by atoms with Crippen LogP contribution in [0.4, 0.5) is 8.78 Å². The Morgan fingerprint density at radius 2 is 1.79 bits per heavy atom. The molecule has 0 radical (unpaired) electrons. The molecule has 0 amide bonds. The van der Waals surface area contributed by atoms with E-state index in [1.807, 2.05) is 32.2 Å². The Labute approximate surface area is 112 Å². The maximum absolute atomic E-state index is 14.2. The van der Waals surface area contributed by atoms with Gasteiger partial charge in [-0.1, -0.05) is 29.8 Å². The van der Waals surface area contributed by atoms with Gasteiger partial charge < -0.3 is 5.32 Å². The summed E-state index contributed by atoms with van der Waals surface area (Å²) in [5, 5.41) is 3.02. The normalized spacial score (nSPS) is 10.8. The second-order valence-electron chi connectivity index (χ2n) is 4.74. The van der Waals surface area contributed by atoms with Crippen LogP contribution in [0.3, 0.4) is 0 Å². The minimum absolute atomic E-state index is 0.0638. The first-order chi connectivity index (χ1) is 9.04. The van der Waals surface area contributed by atoms with Crippen LogP contribution in [0, 0.1) is 25.5 Å². The maximum Gasteiger partial charge on any atom is 0.136 e. The fourth-order valence-electron chi connectivity index (χ4n) is 2.17. The zero-order valence-electron chi connectivity index (χ0n) is 11.3. The Bertz CT molecular complexity index is 606. The van der Waals surface area contributed by atoms with E-state index in [4.69, 9.17) is 0 Å². The largest absolute Gasteiger partial charge is 0.316 e. The molecule has 2 aromatic carbocycles. The monoisotopic (exact) mass is 261 g/mol. The lowest BCUT2D eigenvalue weighted by molar-refractivity contribution is 0.583. The molecule has 0 aromatic heterocycles. The van der Waals surface area contributed by atoms with Crippen molar-refractivity contribution in [1.82, 2.24) is 5.32 Å². The molecule has 0 atom stereocenters. The van der Waals surface area contributed by atoms with Gasteiger partial charge >= 0.3 is 0 Å². The molecular weight excluding hydrogens is 244 g/mol.